The average Bonchev–Trinajstić information content (AvgIpc) is 2.31. The Morgan fingerprint density at radius 2 is 1.60 bits per heavy atom. The van der Waals surface area contributed by atoms with Crippen molar-refractivity contribution in [1.29, 1.82) is 0 Å². The van der Waals surface area contributed by atoms with Crippen LogP contribution in [-0.4, -0.2) is 200 Å². The van der Waals surface area contributed by atoms with Crippen molar-refractivity contribution in [2.45, 2.75) is 131 Å². The molecule has 2 bridgehead atoms. The van der Waals surface area contributed by atoms with Crippen LogP contribution in [0.5, 0.6) is 5.75 Å². The lowest BCUT2D eigenvalue weighted by Gasteiger charge is -2.33. The molecule has 2 aromatic carbocycles. The highest BCUT2D eigenvalue weighted by Gasteiger charge is 2.46. The van der Waals surface area contributed by atoms with Crippen LogP contribution >= 0.6 is 21.6 Å². The molecule has 32 heteroatoms. The van der Waals surface area contributed by atoms with E-state index in [1.165, 1.54) is 53.6 Å². The van der Waals surface area contributed by atoms with Crippen LogP contribution < -0.4 is 48.7 Å². The summed E-state index contributed by atoms with van der Waals surface area (Å²) in [6.45, 7) is 4.03. The number of carbonyl (C=O) groups is 11. The highest BCUT2D eigenvalue weighted by atomic mass is 33.1. The normalized spacial score (nSPS) is 26.8. The number of hydrogen-bond donors (Lipinski definition) is 13. The molecule has 13 unspecified atom stereocenters. The standard InChI is InChI=1S/C54H71N11O18S3/c1-5-24(2)44-49(75)58-17-42(70)59-37-23-86(80)51-32(31-8-7-29(67)13-34(31)62-51)15-35(46(72)57-18-43(71)63-44)60-50(76)45(64-48(74)38-14-30(68)19-65(38)52(77)36(16-41(56)69)61-47(37)73)26(4)39-21-82-54(83-39)28-6-9-40(85-84-22-33(55)53(78)79)27(12-28)10-11-81-20-25(3)66/h6-9,12-13,24,26,30,33,35-39,44-45,54,62,67-68H,5,10-11,14-23,55H2,1-4H3,(H2,56,69)(H,57,72)(H,58,75)(H,59,70)(H,60,76)(H,61,73)(H,63,71)(H,64,74)(H,78,79). The quantitative estimate of drug-likeness (QED) is 0.0478. The van der Waals surface area contributed by atoms with E-state index in [2.05, 4.69) is 42.2 Å². The molecule has 0 radical (unpaired) electrons. The second-order valence-electron chi connectivity index (χ2n) is 21.4. The van der Waals surface area contributed by atoms with Crippen LogP contribution in [0.2, 0.25) is 0 Å². The number of ketones is 1. The van der Waals surface area contributed by atoms with Crippen LogP contribution in [0.1, 0.15) is 69.9 Å². The zero-order valence-electron chi connectivity index (χ0n) is 47.4. The molecule has 4 aliphatic heterocycles. The number of carboxylic acids is 1. The van der Waals surface area contributed by atoms with Crippen molar-refractivity contribution in [3.05, 3.63) is 53.1 Å². The van der Waals surface area contributed by atoms with E-state index in [-0.39, 0.29) is 58.6 Å². The Morgan fingerprint density at radius 3 is 2.30 bits per heavy atom. The number of ether oxygens (including phenoxy) is 3. The predicted octanol–water partition coefficient (Wildman–Crippen LogP) is -2.86. The maximum Gasteiger partial charge on any atom is 0.321 e. The van der Waals surface area contributed by atoms with Gasteiger partial charge >= 0.3 is 5.97 Å². The van der Waals surface area contributed by atoms with Gasteiger partial charge in [0, 0.05) is 53.0 Å². The van der Waals surface area contributed by atoms with E-state index < -0.39 is 187 Å². The summed E-state index contributed by atoms with van der Waals surface area (Å²) >= 11 is 0. The summed E-state index contributed by atoms with van der Waals surface area (Å²) in [5, 5.41) is 48.8. The third-order valence-electron chi connectivity index (χ3n) is 14.9. The van der Waals surface area contributed by atoms with Crippen molar-refractivity contribution in [1.82, 2.24) is 47.1 Å². The van der Waals surface area contributed by atoms with Crippen molar-refractivity contribution in [3.63, 3.8) is 0 Å². The molecule has 86 heavy (non-hydrogen) atoms. The van der Waals surface area contributed by atoms with Crippen molar-refractivity contribution in [2.75, 3.05) is 51.0 Å². The number of nitrogens with two attached hydrogens (primary N) is 2. The van der Waals surface area contributed by atoms with Gasteiger partial charge in [-0.2, -0.15) is 0 Å². The number of phenols is 1. The van der Waals surface area contributed by atoms with Crippen LogP contribution in [0.15, 0.2) is 46.3 Å². The number of benzene rings is 2. The summed E-state index contributed by atoms with van der Waals surface area (Å²) in [5.74, 6) is -13.1. The molecule has 0 saturated carbocycles. The van der Waals surface area contributed by atoms with Gasteiger partial charge in [-0.1, -0.05) is 54.8 Å². The van der Waals surface area contributed by atoms with Gasteiger partial charge in [0.2, 0.25) is 53.2 Å². The van der Waals surface area contributed by atoms with Gasteiger partial charge in [0.1, 0.15) is 59.7 Å². The van der Waals surface area contributed by atoms with Crippen LogP contribution in [0.4, 0.5) is 0 Å². The second kappa shape index (κ2) is 29.9. The van der Waals surface area contributed by atoms with Gasteiger partial charge in [-0.3, -0.25) is 56.9 Å². The van der Waals surface area contributed by atoms with Gasteiger partial charge < -0.3 is 88.1 Å². The third kappa shape index (κ3) is 17.1. The number of aromatic amines is 1. The molecule has 5 heterocycles. The number of nitrogens with zero attached hydrogens (tertiary/aromatic N) is 1. The number of H-pyrrole nitrogens is 1. The zero-order chi connectivity index (χ0) is 62.7. The first-order chi connectivity index (χ1) is 40.8. The lowest BCUT2D eigenvalue weighted by Crippen LogP contribution is -2.62. The number of aliphatic hydroxyl groups is 1. The van der Waals surface area contributed by atoms with Crippen molar-refractivity contribution in [3.8, 4) is 5.75 Å². The number of fused-ring (bicyclic) bond motifs is 5. The lowest BCUT2D eigenvalue weighted by molar-refractivity contribution is -0.144. The minimum absolute atomic E-state index is 0.0763. The summed E-state index contributed by atoms with van der Waals surface area (Å²) in [7, 11) is 0.0635. The average molecular weight is 1260 g/mol. The van der Waals surface area contributed by atoms with Gasteiger partial charge in [-0.15, -0.1) is 0 Å². The number of Topliss-reactive ketones (excluding diaryl/α,β-unsaturated/α-hetero) is 1. The fourth-order valence-corrected chi connectivity index (χ4v) is 13.8. The van der Waals surface area contributed by atoms with E-state index >= 15 is 4.79 Å². The number of nitrogens with one attached hydrogen (secondary N) is 8. The van der Waals surface area contributed by atoms with E-state index in [0.717, 1.165) is 9.80 Å². The number of rotatable bonds is 17. The van der Waals surface area contributed by atoms with Crippen molar-refractivity contribution >= 4 is 108 Å². The molecule has 3 aromatic rings. The maximum atomic E-state index is 15.3. The summed E-state index contributed by atoms with van der Waals surface area (Å²) < 4.78 is 33.2. The van der Waals surface area contributed by atoms with Gasteiger partial charge in [-0.25, -0.2) is 0 Å². The molecular weight excluding hydrogens is 1190 g/mol. The Morgan fingerprint density at radius 1 is 0.884 bits per heavy atom. The molecule has 1 aromatic heterocycles. The summed E-state index contributed by atoms with van der Waals surface area (Å²) in [6, 6.07) is -1.91. The Kier molecular flexibility index (Phi) is 23.1. The number of phenolic OH excluding ortho intramolecular Hbond substituents is 1. The van der Waals surface area contributed by atoms with Crippen LogP contribution in [0.25, 0.3) is 10.9 Å². The third-order valence-corrected chi connectivity index (χ3v) is 18.9. The van der Waals surface area contributed by atoms with Crippen LogP contribution in [0, 0.1) is 11.8 Å². The Hall–Kier alpha value is -7.20. The van der Waals surface area contributed by atoms with Gasteiger partial charge in [0.25, 0.3) is 0 Å². The fourth-order valence-electron chi connectivity index (χ4n) is 10.1. The number of carboxylic acid groups (broad SMARTS) is 1. The predicted molar refractivity (Wildman–Crippen MR) is 308 cm³/mol. The van der Waals surface area contributed by atoms with E-state index in [4.69, 9.17) is 25.7 Å². The molecule has 4 aliphatic rings. The van der Waals surface area contributed by atoms with E-state index in [1.807, 2.05) is 0 Å². The molecule has 9 amide bonds. The molecule has 15 N–H and O–H groups in total. The van der Waals surface area contributed by atoms with Gasteiger partial charge in [-0.05, 0) is 54.7 Å². The molecular formula is C54H71N11O18S3. The minimum Gasteiger partial charge on any atom is -0.508 e. The largest absolute Gasteiger partial charge is 0.508 e. The molecule has 13 atom stereocenters. The summed E-state index contributed by atoms with van der Waals surface area (Å²) in [4.78, 5) is 155. The van der Waals surface area contributed by atoms with Crippen LogP contribution in [0.3, 0.4) is 0 Å². The Bertz CT molecular complexity index is 3130. The SMILES string of the molecule is CCC(C)C1NC(=O)CNC(=O)C2Cc3c([nH]c4cc(O)ccc34)S(=O)CC(NC(=O)CNC1=O)C(=O)NC(CC(N)=O)C(=O)N1CC(O)CC1C(=O)NC(C(C)C1COC(c3ccc(SSCC(N)C(=O)O)c(CCOCC(C)=O)c3)O1)C(=O)N2. The molecule has 0 spiro atoms. The minimum atomic E-state index is -2.42. The number of primary amides is 1. The smallest absolute Gasteiger partial charge is 0.321 e. The Balaban J connectivity index is 1.31. The zero-order valence-corrected chi connectivity index (χ0v) is 49.8. The molecule has 0 aliphatic carbocycles. The topological polar surface area (TPSA) is 448 Å². The van der Waals surface area contributed by atoms with E-state index in [1.54, 1.807) is 32.0 Å². The molecule has 2 fully saturated rings. The Labute approximate surface area is 503 Å². The molecule has 7 rings (SSSR count). The highest BCUT2D eigenvalue weighted by molar-refractivity contribution is 8.76. The number of aliphatic hydroxyl groups excluding tert-OH is 1. The molecule has 29 nitrogen and oxygen atoms in total. The number of hydrogen-bond acceptors (Lipinski definition) is 20. The number of amides is 9. The van der Waals surface area contributed by atoms with Crippen molar-refractivity contribution < 1.29 is 86.5 Å². The van der Waals surface area contributed by atoms with Crippen molar-refractivity contribution in [2.24, 2.45) is 23.3 Å². The molecule has 2 saturated heterocycles. The number of carbonyl (C=O) groups excluding carboxylic acids is 10. The molecule has 468 valence electrons. The first-order valence-electron chi connectivity index (χ1n) is 27.6. The fraction of sp³-hybridized carbons (Fsp3) is 0.537. The maximum absolute atomic E-state index is 15.3. The van der Waals surface area contributed by atoms with Gasteiger partial charge in [0.05, 0.1) is 67.0 Å². The summed E-state index contributed by atoms with van der Waals surface area (Å²) in [5.41, 5.74) is 12.8. The van der Waals surface area contributed by atoms with Gasteiger partial charge in [0.15, 0.2) is 12.1 Å². The second-order valence-corrected chi connectivity index (χ2v) is 25.2. The lowest BCUT2D eigenvalue weighted by atomic mass is 9.93. The van der Waals surface area contributed by atoms with Crippen LogP contribution in [-0.2, 0) is 90.6 Å². The van der Waals surface area contributed by atoms with E-state index in [0.29, 0.717) is 24.0 Å². The number of aromatic hydroxyl groups is 1. The summed E-state index contributed by atoms with van der Waals surface area (Å²) in [6.07, 6.45) is -4.70. The number of aliphatic carboxylic acids is 1. The highest BCUT2D eigenvalue weighted by Crippen LogP contribution is 2.38. The first kappa shape index (κ1) is 66.3. The first-order valence-corrected chi connectivity index (χ1v) is 31.2. The monoisotopic (exact) mass is 1260 g/mol. The number of aromatic nitrogens is 1. The van der Waals surface area contributed by atoms with E-state index in [9.17, 15) is 67.5 Å².